The number of thiophene rings is 1. The number of amides is 1. The van der Waals surface area contributed by atoms with Gasteiger partial charge >= 0.3 is 0 Å². The van der Waals surface area contributed by atoms with Crippen molar-refractivity contribution < 1.29 is 17.7 Å². The van der Waals surface area contributed by atoms with Crippen LogP contribution in [-0.2, 0) is 21.1 Å². The summed E-state index contributed by atoms with van der Waals surface area (Å²) in [5.74, 6) is 0.757. The zero-order valence-corrected chi connectivity index (χ0v) is 19.1. The van der Waals surface area contributed by atoms with Crippen molar-refractivity contribution >= 4 is 27.1 Å². The zero-order valence-electron chi connectivity index (χ0n) is 17.5. The largest absolute Gasteiger partial charge is 0.339 e. The molecule has 1 amide bonds. The van der Waals surface area contributed by atoms with E-state index >= 15 is 0 Å². The normalized spacial score (nSPS) is 15.6. The molecule has 0 spiro atoms. The van der Waals surface area contributed by atoms with Crippen molar-refractivity contribution in [3.8, 4) is 10.7 Å². The Balaban J connectivity index is 1.35. The average Bonchev–Trinajstić information content (AvgIpc) is 3.40. The van der Waals surface area contributed by atoms with Crippen molar-refractivity contribution in [2.24, 2.45) is 0 Å². The van der Waals surface area contributed by atoms with E-state index in [1.807, 2.05) is 24.4 Å². The minimum atomic E-state index is -3.30. The van der Waals surface area contributed by atoms with Crippen molar-refractivity contribution in [2.45, 2.75) is 39.0 Å². The van der Waals surface area contributed by atoms with E-state index in [4.69, 9.17) is 4.52 Å². The minimum Gasteiger partial charge on any atom is -0.339 e. The molecule has 0 atom stereocenters. The summed E-state index contributed by atoms with van der Waals surface area (Å²) in [5.41, 5.74) is 0. The van der Waals surface area contributed by atoms with Crippen LogP contribution in [0.3, 0.4) is 0 Å². The predicted molar refractivity (Wildman–Crippen MR) is 117 cm³/mol. The van der Waals surface area contributed by atoms with Crippen LogP contribution in [0.1, 0.15) is 38.5 Å². The first-order valence-corrected chi connectivity index (χ1v) is 13.2. The molecule has 1 saturated heterocycles. The highest BCUT2D eigenvalue weighted by Crippen LogP contribution is 2.21. The Labute approximate surface area is 182 Å². The number of carbonyl (C=O) groups is 1. The van der Waals surface area contributed by atoms with Gasteiger partial charge in [0, 0.05) is 32.6 Å². The molecule has 8 nitrogen and oxygen atoms in total. The maximum absolute atomic E-state index is 12.4. The second kappa shape index (κ2) is 11.0. The van der Waals surface area contributed by atoms with E-state index < -0.39 is 9.84 Å². The van der Waals surface area contributed by atoms with Crippen LogP contribution < -0.4 is 0 Å². The lowest BCUT2D eigenvalue weighted by molar-refractivity contribution is -0.130. The van der Waals surface area contributed by atoms with Gasteiger partial charge in [-0.15, -0.1) is 11.3 Å². The molecule has 0 aliphatic carbocycles. The van der Waals surface area contributed by atoms with Crippen molar-refractivity contribution in [3.05, 3.63) is 23.4 Å². The van der Waals surface area contributed by atoms with Gasteiger partial charge in [0.2, 0.25) is 17.6 Å². The second-order valence-electron chi connectivity index (χ2n) is 7.61. The highest BCUT2D eigenvalue weighted by atomic mass is 32.2. The average molecular weight is 455 g/mol. The number of hydrogen-bond donors (Lipinski definition) is 0. The Morgan fingerprint density at radius 1 is 1.20 bits per heavy atom. The molecule has 1 aliphatic rings. The Morgan fingerprint density at radius 2 is 2.00 bits per heavy atom. The zero-order chi connectivity index (χ0) is 21.4. The number of rotatable bonds is 11. The lowest BCUT2D eigenvalue weighted by Gasteiger charge is -2.34. The first-order chi connectivity index (χ1) is 14.5. The molecule has 3 heterocycles. The summed E-state index contributed by atoms with van der Waals surface area (Å²) >= 11 is 1.58. The molecule has 0 saturated carbocycles. The summed E-state index contributed by atoms with van der Waals surface area (Å²) in [7, 11) is -3.30. The molecule has 30 heavy (non-hydrogen) atoms. The van der Waals surface area contributed by atoms with Crippen LogP contribution in [0.25, 0.3) is 10.7 Å². The lowest BCUT2D eigenvalue weighted by atomic mass is 10.2. The van der Waals surface area contributed by atoms with Gasteiger partial charge in [-0.3, -0.25) is 9.69 Å². The van der Waals surface area contributed by atoms with Crippen molar-refractivity contribution in [1.82, 2.24) is 19.9 Å². The molecule has 166 valence electrons. The van der Waals surface area contributed by atoms with Gasteiger partial charge in [-0.25, -0.2) is 8.42 Å². The van der Waals surface area contributed by atoms with Gasteiger partial charge in [-0.1, -0.05) is 31.0 Å². The number of unbranched alkanes of at least 4 members (excludes halogenated alkanes) is 2. The van der Waals surface area contributed by atoms with Crippen LogP contribution >= 0.6 is 11.3 Å². The van der Waals surface area contributed by atoms with E-state index in [0.29, 0.717) is 37.6 Å². The maximum atomic E-state index is 12.4. The fourth-order valence-electron chi connectivity index (χ4n) is 3.46. The molecule has 2 aromatic rings. The third kappa shape index (κ3) is 6.88. The summed E-state index contributed by atoms with van der Waals surface area (Å²) in [6.07, 6.45) is 4.09. The lowest BCUT2D eigenvalue weighted by Crippen LogP contribution is -2.50. The topological polar surface area (TPSA) is 96.6 Å². The van der Waals surface area contributed by atoms with E-state index in [-0.39, 0.29) is 17.4 Å². The first kappa shape index (κ1) is 22.9. The number of nitrogens with zero attached hydrogens (tertiary/aromatic N) is 4. The summed E-state index contributed by atoms with van der Waals surface area (Å²) in [6, 6.07) is 3.93. The maximum Gasteiger partial charge on any atom is 0.237 e. The molecule has 3 rings (SSSR count). The highest BCUT2D eigenvalue weighted by molar-refractivity contribution is 7.92. The fourth-order valence-corrected chi connectivity index (χ4v) is 5.46. The molecule has 0 radical (unpaired) electrons. The van der Waals surface area contributed by atoms with Crippen LogP contribution in [0.15, 0.2) is 22.0 Å². The quantitative estimate of drug-likeness (QED) is 0.481. The van der Waals surface area contributed by atoms with Crippen LogP contribution in [0.4, 0.5) is 0 Å². The summed E-state index contributed by atoms with van der Waals surface area (Å²) < 4.78 is 29.5. The number of aryl methyl sites for hydroxylation is 1. The Kier molecular flexibility index (Phi) is 8.41. The highest BCUT2D eigenvalue weighted by Gasteiger charge is 2.25. The SMILES string of the molecule is CCCCCS(=O)(=O)CC(=O)N1CCN(CCCc2nc(-c3cccs3)no2)CC1. The number of hydrogen-bond acceptors (Lipinski definition) is 8. The Bertz CT molecular complexity index is 888. The number of carbonyl (C=O) groups excluding carboxylic acids is 1. The van der Waals surface area contributed by atoms with Crippen molar-refractivity contribution in [3.63, 3.8) is 0 Å². The van der Waals surface area contributed by atoms with Crippen LogP contribution in [0, 0.1) is 0 Å². The Hall–Kier alpha value is -1.78. The fraction of sp³-hybridized carbons (Fsp3) is 0.650. The molecule has 0 N–H and O–H groups in total. The molecule has 0 unspecified atom stereocenters. The molecule has 0 aromatic carbocycles. The van der Waals surface area contributed by atoms with Crippen molar-refractivity contribution in [2.75, 3.05) is 44.2 Å². The van der Waals surface area contributed by atoms with Gasteiger partial charge in [0.25, 0.3) is 0 Å². The van der Waals surface area contributed by atoms with Gasteiger partial charge in [-0.2, -0.15) is 4.98 Å². The number of aromatic nitrogens is 2. The summed E-state index contributed by atoms with van der Waals surface area (Å²) in [5, 5.41) is 6.01. The molecule has 1 aliphatic heterocycles. The number of sulfone groups is 1. The molecule has 10 heteroatoms. The van der Waals surface area contributed by atoms with E-state index in [9.17, 15) is 13.2 Å². The predicted octanol–water partition coefficient (Wildman–Crippen LogP) is 2.48. The Morgan fingerprint density at radius 3 is 2.70 bits per heavy atom. The molecule has 2 aromatic heterocycles. The van der Waals surface area contributed by atoms with Gasteiger partial charge in [0.1, 0.15) is 5.75 Å². The summed E-state index contributed by atoms with van der Waals surface area (Å²) in [4.78, 5) is 21.8. The molecule has 0 bridgehead atoms. The van der Waals surface area contributed by atoms with Crippen LogP contribution in [-0.4, -0.2) is 78.5 Å². The van der Waals surface area contributed by atoms with Gasteiger partial charge < -0.3 is 9.42 Å². The second-order valence-corrected chi connectivity index (χ2v) is 10.7. The third-order valence-electron chi connectivity index (χ3n) is 5.20. The van der Waals surface area contributed by atoms with Crippen molar-refractivity contribution in [1.29, 1.82) is 0 Å². The van der Waals surface area contributed by atoms with Gasteiger partial charge in [0.05, 0.1) is 10.6 Å². The van der Waals surface area contributed by atoms with E-state index in [1.165, 1.54) is 0 Å². The van der Waals surface area contributed by atoms with E-state index in [1.54, 1.807) is 16.2 Å². The molecular weight excluding hydrogens is 424 g/mol. The minimum absolute atomic E-state index is 0.108. The van der Waals surface area contributed by atoms with Gasteiger partial charge in [0.15, 0.2) is 9.84 Å². The number of piperazine rings is 1. The first-order valence-electron chi connectivity index (χ1n) is 10.5. The van der Waals surface area contributed by atoms with Gasteiger partial charge in [-0.05, 0) is 30.8 Å². The standard InChI is InChI=1S/C20H30N4O4S2/c1-2-3-4-15-30(26,27)16-19(25)24-12-10-23(11-13-24)9-5-8-18-21-20(22-28-18)17-7-6-14-29-17/h6-7,14H,2-5,8-13,15-16H2,1H3. The van der Waals surface area contributed by atoms with Crippen LogP contribution in [0.5, 0.6) is 0 Å². The molecular formula is C20H30N4O4S2. The smallest absolute Gasteiger partial charge is 0.237 e. The van der Waals surface area contributed by atoms with Crippen LogP contribution in [0.2, 0.25) is 0 Å². The van der Waals surface area contributed by atoms with E-state index in [2.05, 4.69) is 15.0 Å². The summed E-state index contributed by atoms with van der Waals surface area (Å²) in [6.45, 7) is 5.58. The molecule has 1 fully saturated rings. The van der Waals surface area contributed by atoms with E-state index in [0.717, 1.165) is 43.8 Å². The third-order valence-corrected chi connectivity index (χ3v) is 7.67. The monoisotopic (exact) mass is 454 g/mol.